The van der Waals surface area contributed by atoms with Crippen molar-refractivity contribution < 1.29 is 8.83 Å². The third kappa shape index (κ3) is 2.28. The van der Waals surface area contributed by atoms with Gasteiger partial charge in [0.15, 0.2) is 0 Å². The second-order valence-electron chi connectivity index (χ2n) is 10.9. The van der Waals surface area contributed by atoms with Crippen molar-refractivity contribution in [2.45, 2.75) is 19.3 Å². The molecule has 4 nitrogen and oxygen atoms in total. The van der Waals surface area contributed by atoms with Gasteiger partial charge in [0, 0.05) is 21.5 Å². The van der Waals surface area contributed by atoms with Gasteiger partial charge in [0.1, 0.15) is 11.2 Å². The maximum atomic E-state index is 13.8. The molecule has 0 N–H and O–H groups in total. The molecule has 0 fully saturated rings. The first-order valence-electron chi connectivity index (χ1n) is 13.1. The number of benzene rings is 5. The third-order valence-electron chi connectivity index (χ3n) is 8.83. The van der Waals surface area contributed by atoms with Crippen molar-refractivity contribution in [1.82, 2.24) is 0 Å². The summed E-state index contributed by atoms with van der Waals surface area (Å²) in [5, 5.41) is 3.77. The lowest BCUT2D eigenvalue weighted by Gasteiger charge is -2.31. The first-order chi connectivity index (χ1) is 19.0. The predicted octanol–water partition coefficient (Wildman–Crippen LogP) is 7.50. The quantitative estimate of drug-likeness (QED) is 0.158. The van der Waals surface area contributed by atoms with E-state index in [0.29, 0.717) is 21.9 Å². The fraction of sp³-hybridized carbons (Fsp3) is 0.0857. The molecule has 4 heteroatoms. The molecule has 39 heavy (non-hydrogen) atoms. The standard InChI is InChI=1S/C35H20O4/c1-17-11-12-21-22-16-26-31-30-25(35(26)23-9-5-3-7-19(23)20-8-4-6-10-24(20)35)13-18(2)15-28(30)39-34(37)32(31)29(22)33(36)38-27(21)14-17/h3-16H,1-2H3. The van der Waals surface area contributed by atoms with E-state index in [9.17, 15) is 9.59 Å². The van der Waals surface area contributed by atoms with Gasteiger partial charge in [-0.25, -0.2) is 9.59 Å². The third-order valence-corrected chi connectivity index (χ3v) is 8.83. The lowest BCUT2D eigenvalue weighted by molar-refractivity contribution is 0.564. The van der Waals surface area contributed by atoms with Crippen LogP contribution in [0.2, 0.25) is 0 Å². The van der Waals surface area contributed by atoms with Gasteiger partial charge in [-0.1, -0.05) is 66.7 Å². The number of fused-ring (bicyclic) bond motifs is 11. The highest BCUT2D eigenvalue weighted by Crippen LogP contribution is 2.62. The average molecular weight is 505 g/mol. The van der Waals surface area contributed by atoms with Gasteiger partial charge in [0.05, 0.1) is 16.2 Å². The van der Waals surface area contributed by atoms with Crippen LogP contribution in [0.1, 0.15) is 33.4 Å². The molecular weight excluding hydrogens is 484 g/mol. The Labute approximate surface area is 221 Å². The van der Waals surface area contributed by atoms with Crippen LogP contribution in [-0.2, 0) is 5.41 Å². The molecule has 184 valence electrons. The number of hydrogen-bond acceptors (Lipinski definition) is 4. The first kappa shape index (κ1) is 21.0. The van der Waals surface area contributed by atoms with E-state index in [2.05, 4.69) is 60.7 Å². The molecule has 2 aliphatic rings. The summed E-state index contributed by atoms with van der Waals surface area (Å²) in [5.41, 5.74) is 8.16. The maximum Gasteiger partial charge on any atom is 0.345 e. The molecule has 0 bridgehead atoms. The van der Waals surface area contributed by atoms with Crippen molar-refractivity contribution in [2.75, 3.05) is 0 Å². The zero-order valence-electron chi connectivity index (χ0n) is 21.2. The largest absolute Gasteiger partial charge is 0.422 e. The fourth-order valence-corrected chi connectivity index (χ4v) is 7.45. The number of aryl methyl sites for hydroxylation is 2. The van der Waals surface area contributed by atoms with Crippen molar-refractivity contribution in [3.8, 4) is 11.1 Å². The lowest BCUT2D eigenvalue weighted by Crippen LogP contribution is -2.26. The summed E-state index contributed by atoms with van der Waals surface area (Å²) in [4.78, 5) is 27.3. The molecule has 9 rings (SSSR count). The minimum atomic E-state index is -0.650. The minimum absolute atomic E-state index is 0.281. The second kappa shape index (κ2) is 6.72. The molecule has 1 spiro atoms. The molecule has 0 radical (unpaired) electrons. The highest BCUT2D eigenvalue weighted by molar-refractivity contribution is 6.25. The van der Waals surface area contributed by atoms with E-state index in [0.717, 1.165) is 38.4 Å². The molecule has 2 aliphatic carbocycles. The van der Waals surface area contributed by atoms with Crippen LogP contribution in [-0.4, -0.2) is 0 Å². The molecule has 0 saturated heterocycles. The van der Waals surface area contributed by atoms with Crippen LogP contribution < -0.4 is 11.3 Å². The van der Waals surface area contributed by atoms with Crippen molar-refractivity contribution >= 4 is 43.5 Å². The summed E-state index contributed by atoms with van der Waals surface area (Å²) in [5.74, 6) is 0. The van der Waals surface area contributed by atoms with Crippen LogP contribution in [0.4, 0.5) is 0 Å². The Morgan fingerprint density at radius 1 is 0.513 bits per heavy atom. The van der Waals surface area contributed by atoms with Gasteiger partial charge in [0.25, 0.3) is 0 Å². The molecule has 5 aromatic carbocycles. The molecule has 2 aromatic heterocycles. The van der Waals surface area contributed by atoms with Gasteiger partial charge in [-0.05, 0) is 76.6 Å². The van der Waals surface area contributed by atoms with Crippen LogP contribution >= 0.6 is 0 Å². The van der Waals surface area contributed by atoms with Gasteiger partial charge in [-0.2, -0.15) is 0 Å². The first-order valence-corrected chi connectivity index (χ1v) is 13.1. The normalized spacial score (nSPS) is 14.3. The van der Waals surface area contributed by atoms with Crippen molar-refractivity contribution in [1.29, 1.82) is 0 Å². The molecular formula is C35H20O4. The minimum Gasteiger partial charge on any atom is -0.422 e. The van der Waals surface area contributed by atoms with E-state index >= 15 is 0 Å². The van der Waals surface area contributed by atoms with Crippen LogP contribution in [0.3, 0.4) is 0 Å². The molecule has 0 atom stereocenters. The Morgan fingerprint density at radius 3 is 1.87 bits per heavy atom. The Hall–Kier alpha value is -4.96. The van der Waals surface area contributed by atoms with Crippen molar-refractivity contribution in [3.05, 3.63) is 139 Å². The van der Waals surface area contributed by atoms with Gasteiger partial charge >= 0.3 is 11.3 Å². The molecule has 0 saturated carbocycles. The number of rotatable bonds is 0. The summed E-state index contributed by atoms with van der Waals surface area (Å²) in [7, 11) is 0. The van der Waals surface area contributed by atoms with Gasteiger partial charge in [0.2, 0.25) is 0 Å². The summed E-state index contributed by atoms with van der Waals surface area (Å²) in [6.45, 7) is 4.00. The zero-order valence-corrected chi connectivity index (χ0v) is 21.2. The van der Waals surface area contributed by atoms with E-state index < -0.39 is 16.7 Å². The van der Waals surface area contributed by atoms with Crippen LogP contribution in [0.15, 0.2) is 103 Å². The molecule has 2 heterocycles. The smallest absolute Gasteiger partial charge is 0.345 e. The van der Waals surface area contributed by atoms with Crippen molar-refractivity contribution in [2.24, 2.45) is 0 Å². The summed E-state index contributed by atoms with van der Waals surface area (Å²) < 4.78 is 11.8. The van der Waals surface area contributed by atoms with Gasteiger partial charge < -0.3 is 8.83 Å². The number of hydrogen-bond donors (Lipinski definition) is 0. The molecule has 0 aliphatic heterocycles. The Morgan fingerprint density at radius 2 is 1.13 bits per heavy atom. The van der Waals surface area contributed by atoms with E-state index in [1.54, 1.807) is 0 Å². The Balaban J connectivity index is 1.64. The molecule has 7 aromatic rings. The predicted molar refractivity (Wildman–Crippen MR) is 154 cm³/mol. The second-order valence-corrected chi connectivity index (χ2v) is 10.9. The summed E-state index contributed by atoms with van der Waals surface area (Å²) in [6.07, 6.45) is 0. The topological polar surface area (TPSA) is 60.4 Å². The molecule has 0 amide bonds. The van der Waals surface area contributed by atoms with Gasteiger partial charge in [-0.15, -0.1) is 0 Å². The summed E-state index contributed by atoms with van der Waals surface area (Å²) >= 11 is 0. The Bertz CT molecular complexity index is 2360. The maximum absolute atomic E-state index is 13.8. The fourth-order valence-electron chi connectivity index (χ4n) is 7.45. The van der Waals surface area contributed by atoms with E-state index in [1.807, 2.05) is 38.1 Å². The monoisotopic (exact) mass is 504 g/mol. The highest BCUT2D eigenvalue weighted by atomic mass is 16.4. The van der Waals surface area contributed by atoms with Crippen LogP contribution in [0.25, 0.3) is 54.6 Å². The summed E-state index contributed by atoms with van der Waals surface area (Å²) in [6, 6.07) is 29.2. The van der Waals surface area contributed by atoms with Gasteiger partial charge in [-0.3, -0.25) is 0 Å². The van der Waals surface area contributed by atoms with E-state index in [4.69, 9.17) is 8.83 Å². The zero-order chi connectivity index (χ0) is 26.2. The Kier molecular flexibility index (Phi) is 3.62. The van der Waals surface area contributed by atoms with E-state index in [1.165, 1.54) is 22.3 Å². The van der Waals surface area contributed by atoms with Crippen LogP contribution in [0.5, 0.6) is 0 Å². The average Bonchev–Trinajstić information content (AvgIpc) is 3.39. The van der Waals surface area contributed by atoms with Crippen LogP contribution in [0, 0.1) is 13.8 Å². The van der Waals surface area contributed by atoms with Crippen molar-refractivity contribution in [3.63, 3.8) is 0 Å². The van der Waals surface area contributed by atoms with E-state index in [-0.39, 0.29) is 5.39 Å². The highest BCUT2D eigenvalue weighted by Gasteiger charge is 2.51. The lowest BCUT2D eigenvalue weighted by atomic mass is 9.69. The SMILES string of the molecule is Cc1ccc2c(c1)oc(=O)c1c2cc2c3c4c(cc(C)cc4oc(=O)c31)C21c2ccccc2-c2ccccc21. The molecule has 0 unspecified atom stereocenters.